The van der Waals surface area contributed by atoms with Crippen LogP contribution in [0.4, 0.5) is 4.79 Å². The smallest absolute Gasteiger partial charge is 0.408 e. The number of amides is 3. The Morgan fingerprint density at radius 1 is 1.08 bits per heavy atom. The van der Waals surface area contributed by atoms with Gasteiger partial charge in [-0.1, -0.05) is 39.2 Å². The van der Waals surface area contributed by atoms with E-state index in [1.807, 2.05) is 6.92 Å². The van der Waals surface area contributed by atoms with Gasteiger partial charge in [-0.05, 0) is 89.5 Å². The number of aliphatic hydroxyl groups excluding tert-OH is 1. The number of alkyl carbamates (subject to hydrolysis) is 1. The Labute approximate surface area is 233 Å². The highest BCUT2D eigenvalue weighted by molar-refractivity contribution is 5.92. The van der Waals surface area contributed by atoms with Crippen molar-refractivity contribution in [3.8, 4) is 5.75 Å². The molecule has 0 spiro atoms. The zero-order chi connectivity index (χ0) is 29.3. The van der Waals surface area contributed by atoms with Crippen LogP contribution in [0.1, 0.15) is 104 Å². The highest BCUT2D eigenvalue weighted by Gasteiger charge is 2.39. The Bertz CT molecular complexity index is 968. The summed E-state index contributed by atoms with van der Waals surface area (Å²) < 4.78 is 5.32. The number of carbonyl (C=O) groups is 3. The molecule has 0 aromatic heterocycles. The fraction of sp³-hybridized carbons (Fsp3) is 0.700. The molecule has 1 aliphatic carbocycles. The van der Waals surface area contributed by atoms with Crippen LogP contribution in [0.15, 0.2) is 18.2 Å². The van der Waals surface area contributed by atoms with E-state index in [-0.39, 0.29) is 23.7 Å². The Morgan fingerprint density at radius 3 is 2.26 bits per heavy atom. The molecule has 2 rings (SSSR count). The minimum Gasteiger partial charge on any atom is -0.508 e. The van der Waals surface area contributed by atoms with E-state index in [2.05, 4.69) is 24.5 Å². The molecule has 1 fully saturated rings. The molecule has 0 radical (unpaired) electrons. The fourth-order valence-corrected chi connectivity index (χ4v) is 4.94. The number of aliphatic hydroxyl groups is 1. The number of benzene rings is 1. The van der Waals surface area contributed by atoms with Gasteiger partial charge in [0.2, 0.25) is 11.8 Å². The van der Waals surface area contributed by atoms with E-state index in [9.17, 15) is 24.6 Å². The number of aryl methyl sites for hydroxylation is 1. The third kappa shape index (κ3) is 10.0. The third-order valence-electron chi connectivity index (χ3n) is 7.08. The van der Waals surface area contributed by atoms with Gasteiger partial charge in [0.05, 0.1) is 6.61 Å². The van der Waals surface area contributed by atoms with Crippen molar-refractivity contribution in [1.82, 2.24) is 15.5 Å². The van der Waals surface area contributed by atoms with Crippen LogP contribution in [0.25, 0.3) is 0 Å². The number of phenols is 1. The summed E-state index contributed by atoms with van der Waals surface area (Å²) in [5.74, 6) is -0.418. The minimum atomic E-state index is -1.30. The topological polar surface area (TPSA) is 128 Å². The van der Waals surface area contributed by atoms with E-state index in [4.69, 9.17) is 4.74 Å². The van der Waals surface area contributed by atoms with Crippen LogP contribution in [-0.2, 0) is 14.3 Å². The zero-order valence-corrected chi connectivity index (χ0v) is 24.8. The molecule has 9 nitrogen and oxygen atoms in total. The van der Waals surface area contributed by atoms with Crippen LogP contribution in [0.5, 0.6) is 5.75 Å². The summed E-state index contributed by atoms with van der Waals surface area (Å²) in [4.78, 5) is 42.1. The molecule has 1 aromatic carbocycles. The Hall–Kier alpha value is -2.81. The van der Waals surface area contributed by atoms with Crippen molar-refractivity contribution in [1.29, 1.82) is 0 Å². The average molecular weight is 548 g/mol. The lowest BCUT2D eigenvalue weighted by Gasteiger charge is -2.39. The van der Waals surface area contributed by atoms with Crippen molar-refractivity contribution in [2.75, 3.05) is 6.61 Å². The van der Waals surface area contributed by atoms with Crippen LogP contribution < -0.4 is 10.6 Å². The molecule has 0 bridgehead atoms. The number of hydrogen-bond donors (Lipinski definition) is 4. The van der Waals surface area contributed by atoms with E-state index in [1.54, 1.807) is 39.8 Å². The van der Waals surface area contributed by atoms with Crippen LogP contribution in [0.2, 0.25) is 0 Å². The number of rotatable bonds is 11. The maximum absolute atomic E-state index is 14.1. The van der Waals surface area contributed by atoms with Crippen molar-refractivity contribution in [2.24, 2.45) is 5.92 Å². The largest absolute Gasteiger partial charge is 0.508 e. The number of phenolic OH excluding ortho intramolecular Hbond substituents is 1. The normalized spacial score (nSPS) is 16.7. The average Bonchev–Trinajstić information content (AvgIpc) is 2.85. The predicted octanol–water partition coefficient (Wildman–Crippen LogP) is 4.73. The predicted molar refractivity (Wildman–Crippen MR) is 151 cm³/mol. The van der Waals surface area contributed by atoms with E-state index < -0.39 is 36.3 Å². The number of carbonyl (C=O) groups excluding carboxylic acids is 3. The van der Waals surface area contributed by atoms with E-state index >= 15 is 0 Å². The van der Waals surface area contributed by atoms with Gasteiger partial charge in [0, 0.05) is 12.1 Å². The van der Waals surface area contributed by atoms with Gasteiger partial charge in [0.25, 0.3) is 0 Å². The first-order valence-electron chi connectivity index (χ1n) is 14.3. The minimum absolute atomic E-state index is 0.0170. The molecule has 3 amide bonds. The second-order valence-electron chi connectivity index (χ2n) is 12.2. The molecule has 3 unspecified atom stereocenters. The molecule has 1 saturated carbocycles. The highest BCUT2D eigenvalue weighted by atomic mass is 16.6. The molecular formula is C30H49N3O6. The summed E-state index contributed by atoms with van der Waals surface area (Å²) in [5, 5.41) is 26.0. The quantitative estimate of drug-likeness (QED) is 0.317. The number of ether oxygens (including phenoxy) is 1. The summed E-state index contributed by atoms with van der Waals surface area (Å²) in [6.45, 7) is 12.3. The fourth-order valence-electron chi connectivity index (χ4n) is 4.94. The van der Waals surface area contributed by atoms with Gasteiger partial charge in [-0.2, -0.15) is 0 Å². The molecule has 0 heterocycles. The maximum atomic E-state index is 14.1. The van der Waals surface area contributed by atoms with Crippen molar-refractivity contribution < 1.29 is 29.3 Å². The van der Waals surface area contributed by atoms with Gasteiger partial charge in [-0.3, -0.25) is 9.59 Å². The SMILES string of the molecule is Cc1cc(C(C(=O)NC2CCCCC2)N(C(=O)C(CO)NC(=O)OC(C)(C)C)C(C)CCC(C)C)ccc1O. The van der Waals surface area contributed by atoms with Gasteiger partial charge in [0.1, 0.15) is 23.4 Å². The Morgan fingerprint density at radius 2 is 1.72 bits per heavy atom. The second kappa shape index (κ2) is 14.5. The monoisotopic (exact) mass is 547 g/mol. The summed E-state index contributed by atoms with van der Waals surface area (Å²) in [6.07, 6.45) is 5.58. The summed E-state index contributed by atoms with van der Waals surface area (Å²) in [7, 11) is 0. The Kier molecular flexibility index (Phi) is 12.1. The molecule has 9 heteroatoms. The molecule has 1 aromatic rings. The second-order valence-corrected chi connectivity index (χ2v) is 12.2. The molecule has 0 saturated heterocycles. The van der Waals surface area contributed by atoms with Gasteiger partial charge in [-0.15, -0.1) is 0 Å². The first-order valence-corrected chi connectivity index (χ1v) is 14.3. The lowest BCUT2D eigenvalue weighted by molar-refractivity contribution is -0.146. The van der Waals surface area contributed by atoms with Crippen molar-refractivity contribution in [3.05, 3.63) is 29.3 Å². The zero-order valence-electron chi connectivity index (χ0n) is 24.8. The van der Waals surface area contributed by atoms with Crippen molar-refractivity contribution in [3.63, 3.8) is 0 Å². The Balaban J connectivity index is 2.52. The molecule has 0 aliphatic heterocycles. The standard InChI is InChI=1S/C30H49N3O6/c1-19(2)13-14-21(4)33(28(37)24(18-34)32-29(38)39-30(5,6)7)26(22-15-16-25(35)20(3)17-22)27(36)31-23-11-9-8-10-12-23/h15-17,19,21,23-24,26,34-35H,8-14,18H2,1-7H3,(H,31,36)(H,32,38). The van der Waals surface area contributed by atoms with Crippen molar-refractivity contribution >= 4 is 17.9 Å². The van der Waals surface area contributed by atoms with Crippen LogP contribution in [0, 0.1) is 12.8 Å². The van der Waals surface area contributed by atoms with Gasteiger partial charge in [-0.25, -0.2) is 4.79 Å². The third-order valence-corrected chi connectivity index (χ3v) is 7.08. The first-order chi connectivity index (χ1) is 18.2. The molecular weight excluding hydrogens is 498 g/mol. The lowest BCUT2D eigenvalue weighted by Crippen LogP contribution is -2.57. The van der Waals surface area contributed by atoms with E-state index in [0.717, 1.165) is 38.5 Å². The van der Waals surface area contributed by atoms with Gasteiger partial charge >= 0.3 is 6.09 Å². The number of aromatic hydroxyl groups is 1. The summed E-state index contributed by atoms with van der Waals surface area (Å²) in [5.41, 5.74) is 0.344. The molecule has 39 heavy (non-hydrogen) atoms. The van der Waals surface area contributed by atoms with Crippen molar-refractivity contribution in [2.45, 2.75) is 123 Å². The molecule has 4 N–H and O–H groups in total. The van der Waals surface area contributed by atoms with Crippen LogP contribution in [-0.4, -0.2) is 63.4 Å². The van der Waals surface area contributed by atoms with Crippen LogP contribution in [0.3, 0.4) is 0 Å². The van der Waals surface area contributed by atoms with Crippen LogP contribution >= 0.6 is 0 Å². The highest BCUT2D eigenvalue weighted by Crippen LogP contribution is 2.31. The molecule has 1 aliphatic rings. The number of nitrogens with one attached hydrogen (secondary N) is 2. The maximum Gasteiger partial charge on any atom is 0.408 e. The first kappa shape index (κ1) is 32.4. The van der Waals surface area contributed by atoms with Gasteiger partial charge in [0.15, 0.2) is 0 Å². The molecule has 3 atom stereocenters. The summed E-state index contributed by atoms with van der Waals surface area (Å²) >= 11 is 0. The van der Waals surface area contributed by atoms with E-state index in [1.165, 1.54) is 11.0 Å². The van der Waals surface area contributed by atoms with E-state index in [0.29, 0.717) is 23.5 Å². The number of nitrogens with zero attached hydrogens (tertiary/aromatic N) is 1. The summed E-state index contributed by atoms with van der Waals surface area (Å²) in [6, 6.07) is 2.20. The number of hydrogen-bond acceptors (Lipinski definition) is 6. The molecule has 220 valence electrons. The lowest BCUT2D eigenvalue weighted by atomic mass is 9.93. The van der Waals surface area contributed by atoms with Gasteiger partial charge < -0.3 is 30.5 Å².